The molecule has 0 bridgehead atoms. The second-order valence-electron chi connectivity index (χ2n) is 4.57. The number of hydrogen-bond donors (Lipinski definition) is 1. The van der Waals surface area contributed by atoms with E-state index in [0.29, 0.717) is 19.6 Å². The number of hydrogen-bond acceptors (Lipinski definition) is 5. The zero-order chi connectivity index (χ0) is 12.5. The van der Waals surface area contributed by atoms with Crippen molar-refractivity contribution < 1.29 is 16.8 Å². The predicted octanol–water partition coefficient (Wildman–Crippen LogP) is -1.20. The van der Waals surface area contributed by atoms with Crippen LogP contribution in [-0.2, 0) is 19.9 Å². The van der Waals surface area contributed by atoms with Gasteiger partial charge in [-0.05, 0) is 19.4 Å². The number of rotatable bonds is 2. The third-order valence-corrected chi connectivity index (χ3v) is 7.58. The molecule has 0 saturated carbocycles. The lowest BCUT2D eigenvalue weighted by Gasteiger charge is -2.22. The van der Waals surface area contributed by atoms with Gasteiger partial charge in [0.15, 0.2) is 9.84 Å². The Hall–Kier alpha value is -0.180. The number of nitrogens with one attached hydrogen (secondary N) is 1. The molecule has 0 radical (unpaired) electrons. The molecule has 2 saturated heterocycles. The Morgan fingerprint density at radius 3 is 2.59 bits per heavy atom. The molecule has 17 heavy (non-hydrogen) atoms. The van der Waals surface area contributed by atoms with Gasteiger partial charge in [-0.15, -0.1) is 0 Å². The molecule has 8 heteroatoms. The van der Waals surface area contributed by atoms with E-state index in [1.807, 2.05) is 0 Å². The van der Waals surface area contributed by atoms with Gasteiger partial charge in [-0.25, -0.2) is 21.1 Å². The normalized spacial score (nSPS) is 31.2. The summed E-state index contributed by atoms with van der Waals surface area (Å²) >= 11 is 0. The maximum atomic E-state index is 12.3. The molecule has 2 fully saturated rings. The van der Waals surface area contributed by atoms with Gasteiger partial charge in [0, 0.05) is 19.6 Å². The van der Waals surface area contributed by atoms with Crippen LogP contribution in [0.4, 0.5) is 0 Å². The van der Waals surface area contributed by atoms with Gasteiger partial charge in [0.2, 0.25) is 10.0 Å². The van der Waals surface area contributed by atoms with Crippen molar-refractivity contribution in [2.24, 2.45) is 0 Å². The summed E-state index contributed by atoms with van der Waals surface area (Å²) < 4.78 is 48.7. The zero-order valence-electron chi connectivity index (χ0n) is 9.63. The van der Waals surface area contributed by atoms with Crippen molar-refractivity contribution in [1.82, 2.24) is 9.62 Å². The quantitative estimate of drug-likeness (QED) is 0.688. The van der Waals surface area contributed by atoms with E-state index in [1.165, 1.54) is 4.31 Å². The Bertz CT molecular complexity index is 463. The van der Waals surface area contributed by atoms with E-state index in [2.05, 4.69) is 5.32 Å². The molecule has 1 N–H and O–H groups in total. The van der Waals surface area contributed by atoms with Crippen molar-refractivity contribution in [3.8, 4) is 0 Å². The van der Waals surface area contributed by atoms with Crippen LogP contribution in [0.25, 0.3) is 0 Å². The molecule has 0 amide bonds. The highest BCUT2D eigenvalue weighted by atomic mass is 32.2. The SMILES string of the molecule is O=S1(=O)CCC(S(=O)(=O)N2CCCNCC2)C1. The molecular weight excluding hydrogens is 264 g/mol. The van der Waals surface area contributed by atoms with Gasteiger partial charge in [0.05, 0.1) is 16.8 Å². The second-order valence-corrected chi connectivity index (χ2v) is 9.01. The van der Waals surface area contributed by atoms with Gasteiger partial charge >= 0.3 is 0 Å². The van der Waals surface area contributed by atoms with Crippen molar-refractivity contribution >= 4 is 19.9 Å². The fourth-order valence-corrected chi connectivity index (χ4v) is 6.85. The summed E-state index contributed by atoms with van der Waals surface area (Å²) in [5, 5.41) is 2.40. The monoisotopic (exact) mass is 282 g/mol. The van der Waals surface area contributed by atoms with Crippen molar-refractivity contribution in [1.29, 1.82) is 0 Å². The van der Waals surface area contributed by atoms with Crippen LogP contribution in [0.3, 0.4) is 0 Å². The lowest BCUT2D eigenvalue weighted by molar-refractivity contribution is 0.425. The van der Waals surface area contributed by atoms with Crippen LogP contribution in [0.15, 0.2) is 0 Å². The van der Waals surface area contributed by atoms with Gasteiger partial charge in [0.25, 0.3) is 0 Å². The second kappa shape index (κ2) is 4.83. The summed E-state index contributed by atoms with van der Waals surface area (Å²) in [5.41, 5.74) is 0. The minimum Gasteiger partial charge on any atom is -0.315 e. The molecule has 100 valence electrons. The highest BCUT2D eigenvalue weighted by Crippen LogP contribution is 2.22. The summed E-state index contributed by atoms with van der Waals surface area (Å²) in [6.07, 6.45) is 1.02. The van der Waals surface area contributed by atoms with E-state index in [0.717, 1.165) is 13.0 Å². The first-order valence-corrected chi connectivity index (χ1v) is 9.14. The Balaban J connectivity index is 2.13. The van der Waals surface area contributed by atoms with E-state index in [1.54, 1.807) is 0 Å². The molecule has 1 atom stereocenters. The van der Waals surface area contributed by atoms with Gasteiger partial charge < -0.3 is 5.32 Å². The Labute approximate surface area is 102 Å². The maximum absolute atomic E-state index is 12.3. The molecule has 0 aromatic heterocycles. The van der Waals surface area contributed by atoms with E-state index in [9.17, 15) is 16.8 Å². The topological polar surface area (TPSA) is 83.5 Å². The number of sulfone groups is 1. The van der Waals surface area contributed by atoms with E-state index >= 15 is 0 Å². The molecule has 0 aromatic rings. The smallest absolute Gasteiger partial charge is 0.218 e. The van der Waals surface area contributed by atoms with Crippen LogP contribution in [0, 0.1) is 0 Å². The van der Waals surface area contributed by atoms with Crippen LogP contribution in [0.5, 0.6) is 0 Å². The van der Waals surface area contributed by atoms with Crippen LogP contribution in [0.1, 0.15) is 12.8 Å². The van der Waals surface area contributed by atoms with Gasteiger partial charge in [0.1, 0.15) is 0 Å². The third-order valence-electron chi connectivity index (χ3n) is 3.27. The molecule has 2 heterocycles. The largest absolute Gasteiger partial charge is 0.315 e. The van der Waals surface area contributed by atoms with Crippen molar-refractivity contribution in [2.75, 3.05) is 37.7 Å². The minimum atomic E-state index is -3.44. The summed E-state index contributed by atoms with van der Waals surface area (Å²) in [6.45, 7) is 2.39. The first kappa shape index (κ1) is 13.3. The van der Waals surface area contributed by atoms with E-state index < -0.39 is 25.1 Å². The molecule has 2 aliphatic heterocycles. The fourth-order valence-electron chi connectivity index (χ4n) is 2.28. The van der Waals surface area contributed by atoms with Gasteiger partial charge in [-0.2, -0.15) is 0 Å². The standard InChI is InChI=1S/C9H18N2O4S2/c12-16(13)7-2-9(8-16)17(14,15)11-5-1-3-10-4-6-11/h9-10H,1-8H2. The van der Waals surface area contributed by atoms with Crippen LogP contribution in [0.2, 0.25) is 0 Å². The summed E-state index contributed by atoms with van der Waals surface area (Å²) in [5.74, 6) is -0.206. The predicted molar refractivity (Wildman–Crippen MR) is 65.0 cm³/mol. The number of nitrogens with zero attached hydrogens (tertiary/aromatic N) is 1. The molecule has 2 aliphatic rings. The maximum Gasteiger partial charge on any atom is 0.218 e. The summed E-state index contributed by atoms with van der Waals surface area (Å²) in [7, 11) is -6.59. The molecule has 2 rings (SSSR count). The van der Waals surface area contributed by atoms with Crippen LogP contribution in [-0.4, -0.2) is 64.1 Å². The van der Waals surface area contributed by atoms with Crippen molar-refractivity contribution in [2.45, 2.75) is 18.1 Å². The highest BCUT2D eigenvalue weighted by molar-refractivity contribution is 7.95. The van der Waals surface area contributed by atoms with Crippen molar-refractivity contribution in [3.05, 3.63) is 0 Å². The van der Waals surface area contributed by atoms with E-state index in [-0.39, 0.29) is 17.9 Å². The molecule has 0 spiro atoms. The van der Waals surface area contributed by atoms with Crippen LogP contribution < -0.4 is 5.32 Å². The minimum absolute atomic E-state index is 0.00296. The summed E-state index contributed by atoms with van der Waals surface area (Å²) in [4.78, 5) is 0. The third kappa shape index (κ3) is 2.98. The molecule has 6 nitrogen and oxygen atoms in total. The first-order valence-electron chi connectivity index (χ1n) is 5.82. The molecule has 1 unspecified atom stereocenters. The van der Waals surface area contributed by atoms with Gasteiger partial charge in [-0.3, -0.25) is 0 Å². The molecule has 0 aromatic carbocycles. The lowest BCUT2D eigenvalue weighted by Crippen LogP contribution is -2.41. The Kier molecular flexibility index (Phi) is 3.77. The van der Waals surface area contributed by atoms with E-state index in [4.69, 9.17) is 0 Å². The molecular formula is C9H18N2O4S2. The Morgan fingerprint density at radius 1 is 1.18 bits per heavy atom. The van der Waals surface area contributed by atoms with Crippen LogP contribution >= 0.6 is 0 Å². The van der Waals surface area contributed by atoms with Gasteiger partial charge in [-0.1, -0.05) is 0 Å². The zero-order valence-corrected chi connectivity index (χ0v) is 11.3. The Morgan fingerprint density at radius 2 is 1.94 bits per heavy atom. The average Bonchev–Trinajstić information content (AvgIpc) is 2.51. The number of sulfonamides is 1. The average molecular weight is 282 g/mol. The highest BCUT2D eigenvalue weighted by Gasteiger charge is 2.40. The lowest BCUT2D eigenvalue weighted by atomic mass is 10.4. The summed E-state index contributed by atoms with van der Waals surface area (Å²) in [6, 6.07) is 0. The molecule has 0 aliphatic carbocycles. The van der Waals surface area contributed by atoms with Crippen molar-refractivity contribution in [3.63, 3.8) is 0 Å². The fraction of sp³-hybridized carbons (Fsp3) is 1.00. The first-order chi connectivity index (χ1) is 7.92.